The normalized spacial score (nSPS) is 11.7. The Hall–Kier alpha value is -2.25. The smallest absolute Gasteiger partial charge is 0.261 e. The number of nitrogens with one attached hydrogen (secondary N) is 1. The van der Waals surface area contributed by atoms with Crippen LogP contribution in [0.2, 0.25) is 5.02 Å². The van der Waals surface area contributed by atoms with Crippen molar-refractivity contribution in [2.75, 3.05) is 20.3 Å². The van der Waals surface area contributed by atoms with Crippen LogP contribution < -0.4 is 14.8 Å². The van der Waals surface area contributed by atoms with Crippen LogP contribution in [0.3, 0.4) is 0 Å². The molecule has 174 valence electrons. The zero-order valence-electron chi connectivity index (χ0n) is 18.9. The molecule has 0 bridgehead atoms. The number of halogens is 2. The number of amides is 2. The van der Waals surface area contributed by atoms with Crippen LogP contribution in [0.25, 0.3) is 0 Å². The molecule has 0 unspecified atom stereocenters. The summed E-state index contributed by atoms with van der Waals surface area (Å²) in [6, 6.07) is 12.0. The maximum absolute atomic E-state index is 13.2. The maximum atomic E-state index is 13.2. The van der Waals surface area contributed by atoms with Crippen LogP contribution in [-0.4, -0.2) is 43.0 Å². The average molecular weight is 526 g/mol. The highest BCUT2D eigenvalue weighted by atomic mass is 79.9. The molecule has 1 atom stereocenters. The predicted octanol–water partition coefficient (Wildman–Crippen LogP) is 5.07. The highest BCUT2D eigenvalue weighted by Gasteiger charge is 2.29. The number of carbonyl (C=O) groups is 2. The second-order valence-electron chi connectivity index (χ2n) is 7.80. The van der Waals surface area contributed by atoms with Gasteiger partial charge in [0.15, 0.2) is 6.61 Å². The van der Waals surface area contributed by atoms with Gasteiger partial charge < -0.3 is 19.7 Å². The SMILES string of the molecule is CC[C@@H](C(=O)NCC(C)C)N(Cc1cccc(OC)c1)C(=O)COc1ccc(Br)cc1Cl. The van der Waals surface area contributed by atoms with Gasteiger partial charge in [0.1, 0.15) is 17.5 Å². The Morgan fingerprint density at radius 3 is 2.56 bits per heavy atom. The molecule has 0 aromatic heterocycles. The number of benzene rings is 2. The van der Waals surface area contributed by atoms with Gasteiger partial charge in [-0.25, -0.2) is 0 Å². The lowest BCUT2D eigenvalue weighted by molar-refractivity contribution is -0.143. The fraction of sp³-hybridized carbons (Fsp3) is 0.417. The Kier molecular flexibility index (Phi) is 10.3. The summed E-state index contributed by atoms with van der Waals surface area (Å²) < 4.78 is 11.8. The molecule has 1 N–H and O–H groups in total. The van der Waals surface area contributed by atoms with E-state index in [9.17, 15) is 9.59 Å². The van der Waals surface area contributed by atoms with Gasteiger partial charge in [-0.1, -0.05) is 60.4 Å². The molecule has 0 spiro atoms. The fourth-order valence-electron chi connectivity index (χ4n) is 3.12. The molecule has 2 amide bonds. The van der Waals surface area contributed by atoms with E-state index >= 15 is 0 Å². The Morgan fingerprint density at radius 1 is 1.19 bits per heavy atom. The third-order valence-electron chi connectivity index (χ3n) is 4.80. The lowest BCUT2D eigenvalue weighted by Crippen LogP contribution is -2.50. The van der Waals surface area contributed by atoms with Crippen LogP contribution in [0, 0.1) is 5.92 Å². The first kappa shape index (κ1) is 26.0. The summed E-state index contributed by atoms with van der Waals surface area (Å²) in [5.74, 6) is 0.909. The number of methoxy groups -OCH3 is 1. The molecule has 2 rings (SSSR count). The van der Waals surface area contributed by atoms with E-state index < -0.39 is 6.04 Å². The third-order valence-corrected chi connectivity index (χ3v) is 5.59. The number of rotatable bonds is 11. The zero-order valence-corrected chi connectivity index (χ0v) is 21.2. The van der Waals surface area contributed by atoms with Gasteiger partial charge in [-0.3, -0.25) is 9.59 Å². The molecule has 0 saturated carbocycles. The molecular formula is C24H30BrClN2O4. The quantitative estimate of drug-likeness (QED) is 0.445. The molecule has 0 heterocycles. The Balaban J connectivity index is 2.24. The van der Waals surface area contributed by atoms with E-state index in [-0.39, 0.29) is 25.0 Å². The number of ether oxygens (including phenoxy) is 2. The van der Waals surface area contributed by atoms with Gasteiger partial charge in [0.25, 0.3) is 5.91 Å². The second-order valence-corrected chi connectivity index (χ2v) is 9.12. The van der Waals surface area contributed by atoms with Crippen molar-refractivity contribution in [2.45, 2.75) is 39.8 Å². The van der Waals surface area contributed by atoms with Gasteiger partial charge >= 0.3 is 0 Å². The van der Waals surface area contributed by atoms with E-state index in [1.54, 1.807) is 30.2 Å². The highest BCUT2D eigenvalue weighted by Crippen LogP contribution is 2.28. The van der Waals surface area contributed by atoms with Crippen molar-refractivity contribution in [3.8, 4) is 11.5 Å². The van der Waals surface area contributed by atoms with Crippen molar-refractivity contribution in [3.63, 3.8) is 0 Å². The molecule has 0 aliphatic carbocycles. The zero-order chi connectivity index (χ0) is 23.7. The summed E-state index contributed by atoms with van der Waals surface area (Å²) >= 11 is 9.56. The van der Waals surface area contributed by atoms with Crippen LogP contribution in [-0.2, 0) is 16.1 Å². The molecule has 0 saturated heterocycles. The first-order valence-corrected chi connectivity index (χ1v) is 11.7. The van der Waals surface area contributed by atoms with E-state index in [1.807, 2.05) is 45.0 Å². The van der Waals surface area contributed by atoms with Crippen LogP contribution in [0.4, 0.5) is 0 Å². The Labute approximate surface area is 203 Å². The molecular weight excluding hydrogens is 496 g/mol. The monoisotopic (exact) mass is 524 g/mol. The minimum Gasteiger partial charge on any atom is -0.497 e. The molecule has 6 nitrogen and oxygen atoms in total. The number of hydrogen-bond donors (Lipinski definition) is 1. The number of nitrogens with zero attached hydrogens (tertiary/aromatic N) is 1. The van der Waals surface area contributed by atoms with Crippen molar-refractivity contribution >= 4 is 39.3 Å². The van der Waals surface area contributed by atoms with Gasteiger partial charge in [-0.05, 0) is 48.2 Å². The molecule has 8 heteroatoms. The van der Waals surface area contributed by atoms with E-state index in [4.69, 9.17) is 21.1 Å². The molecule has 0 radical (unpaired) electrons. The van der Waals surface area contributed by atoms with Crippen molar-refractivity contribution in [3.05, 3.63) is 57.5 Å². The summed E-state index contributed by atoms with van der Waals surface area (Å²) in [6.07, 6.45) is 0.471. The van der Waals surface area contributed by atoms with Crippen LogP contribution in [0.1, 0.15) is 32.8 Å². The van der Waals surface area contributed by atoms with Crippen LogP contribution >= 0.6 is 27.5 Å². The molecule has 2 aromatic rings. The summed E-state index contributed by atoms with van der Waals surface area (Å²) in [5.41, 5.74) is 0.856. The first-order valence-electron chi connectivity index (χ1n) is 10.5. The van der Waals surface area contributed by atoms with Crippen LogP contribution in [0.5, 0.6) is 11.5 Å². The summed E-state index contributed by atoms with van der Waals surface area (Å²) in [5, 5.41) is 3.34. The van der Waals surface area contributed by atoms with Gasteiger partial charge in [0.2, 0.25) is 5.91 Å². The molecule has 2 aromatic carbocycles. The molecule has 0 fully saturated rings. The van der Waals surface area contributed by atoms with E-state index in [2.05, 4.69) is 21.2 Å². The van der Waals surface area contributed by atoms with Gasteiger partial charge in [-0.15, -0.1) is 0 Å². The maximum Gasteiger partial charge on any atom is 0.261 e. The van der Waals surface area contributed by atoms with Crippen molar-refractivity contribution in [1.29, 1.82) is 0 Å². The number of carbonyl (C=O) groups excluding carboxylic acids is 2. The molecule has 0 aliphatic heterocycles. The second kappa shape index (κ2) is 12.7. The fourth-order valence-corrected chi connectivity index (χ4v) is 3.85. The lowest BCUT2D eigenvalue weighted by Gasteiger charge is -2.31. The molecule has 0 aliphatic rings. The van der Waals surface area contributed by atoms with Crippen molar-refractivity contribution < 1.29 is 19.1 Å². The molecule has 32 heavy (non-hydrogen) atoms. The summed E-state index contributed by atoms with van der Waals surface area (Å²) in [4.78, 5) is 27.7. The third kappa shape index (κ3) is 7.71. The largest absolute Gasteiger partial charge is 0.497 e. The standard InChI is InChI=1S/C24H30BrClN2O4/c1-5-21(24(30)27-13-16(2)3)28(14-17-7-6-8-19(11-17)31-4)23(29)15-32-22-10-9-18(25)12-20(22)26/h6-12,16,21H,5,13-15H2,1-4H3,(H,27,30)/t21-/m0/s1. The minimum absolute atomic E-state index is 0.181. The first-order chi connectivity index (χ1) is 15.2. The van der Waals surface area contributed by atoms with Gasteiger partial charge in [0, 0.05) is 17.6 Å². The topological polar surface area (TPSA) is 67.9 Å². The highest BCUT2D eigenvalue weighted by molar-refractivity contribution is 9.10. The van der Waals surface area contributed by atoms with E-state index in [1.165, 1.54) is 0 Å². The average Bonchev–Trinajstić information content (AvgIpc) is 2.76. The van der Waals surface area contributed by atoms with E-state index in [0.29, 0.717) is 35.4 Å². The lowest BCUT2D eigenvalue weighted by atomic mass is 10.1. The number of hydrogen-bond acceptors (Lipinski definition) is 4. The van der Waals surface area contributed by atoms with Crippen molar-refractivity contribution in [2.24, 2.45) is 5.92 Å². The van der Waals surface area contributed by atoms with Crippen LogP contribution in [0.15, 0.2) is 46.9 Å². The van der Waals surface area contributed by atoms with Crippen molar-refractivity contribution in [1.82, 2.24) is 10.2 Å². The minimum atomic E-state index is -0.628. The van der Waals surface area contributed by atoms with Gasteiger partial charge in [-0.2, -0.15) is 0 Å². The summed E-state index contributed by atoms with van der Waals surface area (Å²) in [7, 11) is 1.59. The predicted molar refractivity (Wildman–Crippen MR) is 130 cm³/mol. The Bertz CT molecular complexity index is 923. The summed E-state index contributed by atoms with van der Waals surface area (Å²) in [6.45, 7) is 6.49. The van der Waals surface area contributed by atoms with Gasteiger partial charge in [0.05, 0.1) is 12.1 Å². The Morgan fingerprint density at radius 2 is 1.94 bits per heavy atom. The van der Waals surface area contributed by atoms with E-state index in [0.717, 1.165) is 10.0 Å².